The Labute approximate surface area is 109 Å². The summed E-state index contributed by atoms with van der Waals surface area (Å²) in [6.07, 6.45) is 3.93. The number of hydrogen-bond donors (Lipinski definition) is 1. The van der Waals surface area contributed by atoms with Gasteiger partial charge in [0, 0.05) is 6.04 Å². The van der Waals surface area contributed by atoms with Crippen molar-refractivity contribution in [2.24, 2.45) is 5.92 Å². The maximum atomic E-state index is 3.66. The van der Waals surface area contributed by atoms with E-state index in [9.17, 15) is 0 Å². The molecule has 2 aromatic rings. The second-order valence-electron chi connectivity index (χ2n) is 5.41. The van der Waals surface area contributed by atoms with E-state index in [1.54, 1.807) is 0 Å². The average Bonchev–Trinajstić information content (AvgIpc) is 2.47. The van der Waals surface area contributed by atoms with Gasteiger partial charge in [-0.2, -0.15) is 0 Å². The highest BCUT2D eigenvalue weighted by molar-refractivity contribution is 5.83. The van der Waals surface area contributed by atoms with E-state index < -0.39 is 0 Å². The van der Waals surface area contributed by atoms with Crippen molar-refractivity contribution in [3.05, 3.63) is 48.0 Å². The van der Waals surface area contributed by atoms with Gasteiger partial charge >= 0.3 is 0 Å². The molecule has 0 spiro atoms. The Balaban J connectivity index is 1.89. The Bertz CT molecular complexity index is 532. The van der Waals surface area contributed by atoms with Crippen molar-refractivity contribution in [2.45, 2.75) is 32.2 Å². The van der Waals surface area contributed by atoms with Gasteiger partial charge in [0.15, 0.2) is 0 Å². The Kier molecular flexibility index (Phi) is 3.33. The summed E-state index contributed by atoms with van der Waals surface area (Å²) in [6, 6.07) is 16.1. The number of nitrogens with one attached hydrogen (secondary N) is 1. The van der Waals surface area contributed by atoms with Crippen LogP contribution in [0.25, 0.3) is 10.8 Å². The van der Waals surface area contributed by atoms with Crippen molar-refractivity contribution in [1.29, 1.82) is 0 Å². The summed E-state index contributed by atoms with van der Waals surface area (Å²) in [5.74, 6) is 0.891. The van der Waals surface area contributed by atoms with Gasteiger partial charge in [-0.25, -0.2) is 0 Å². The fourth-order valence-corrected chi connectivity index (χ4v) is 3.05. The van der Waals surface area contributed by atoms with Gasteiger partial charge < -0.3 is 5.32 Å². The van der Waals surface area contributed by atoms with E-state index in [-0.39, 0.29) is 0 Å². The van der Waals surface area contributed by atoms with E-state index in [2.05, 4.69) is 54.7 Å². The topological polar surface area (TPSA) is 12.0 Å². The normalized spacial score (nSPS) is 24.3. The molecule has 2 atom stereocenters. The van der Waals surface area contributed by atoms with Gasteiger partial charge in [-0.1, -0.05) is 49.7 Å². The summed E-state index contributed by atoms with van der Waals surface area (Å²) in [5.41, 5.74) is 1.45. The Hall–Kier alpha value is -1.34. The summed E-state index contributed by atoms with van der Waals surface area (Å²) in [4.78, 5) is 0. The van der Waals surface area contributed by atoms with E-state index in [1.165, 1.54) is 35.6 Å². The van der Waals surface area contributed by atoms with Gasteiger partial charge in [0.2, 0.25) is 0 Å². The molecule has 0 radical (unpaired) electrons. The minimum absolute atomic E-state index is 0.549. The summed E-state index contributed by atoms with van der Waals surface area (Å²) >= 11 is 0. The summed E-state index contributed by atoms with van der Waals surface area (Å²) < 4.78 is 0. The molecule has 0 aromatic heterocycles. The quantitative estimate of drug-likeness (QED) is 0.824. The number of hydrogen-bond acceptors (Lipinski definition) is 1. The molecule has 0 aliphatic carbocycles. The molecule has 18 heavy (non-hydrogen) atoms. The predicted molar refractivity (Wildman–Crippen MR) is 77.7 cm³/mol. The molecule has 1 aliphatic heterocycles. The molecule has 1 aliphatic rings. The summed E-state index contributed by atoms with van der Waals surface area (Å²) in [5, 5.41) is 6.36. The number of fused-ring (bicyclic) bond motifs is 1. The molecule has 0 amide bonds. The zero-order valence-electron chi connectivity index (χ0n) is 11.0. The predicted octanol–water partition coefficient (Wildman–Crippen LogP) is 4.29. The summed E-state index contributed by atoms with van der Waals surface area (Å²) in [6.45, 7) is 3.48. The van der Waals surface area contributed by atoms with E-state index in [0.717, 1.165) is 12.5 Å². The third-order valence-electron chi connectivity index (χ3n) is 4.27. The molecule has 0 bridgehead atoms. The van der Waals surface area contributed by atoms with E-state index >= 15 is 0 Å². The Morgan fingerprint density at radius 3 is 2.78 bits per heavy atom. The second kappa shape index (κ2) is 5.11. The molecule has 1 fully saturated rings. The van der Waals surface area contributed by atoms with Crippen molar-refractivity contribution in [3.63, 3.8) is 0 Å². The standard InChI is InChI=1S/C17H21N/c1-2-13-9-10-18-17(11-13)16-8-7-14-5-3-4-6-15(14)12-16/h3-8,12-13,17-18H,2,9-11H2,1H3. The maximum absolute atomic E-state index is 3.66. The molecule has 3 rings (SSSR count). The van der Waals surface area contributed by atoms with Crippen molar-refractivity contribution in [2.75, 3.05) is 6.54 Å². The van der Waals surface area contributed by atoms with Crippen LogP contribution in [0.2, 0.25) is 0 Å². The Morgan fingerprint density at radius 1 is 1.11 bits per heavy atom. The van der Waals surface area contributed by atoms with Crippen LogP contribution < -0.4 is 5.32 Å². The highest BCUT2D eigenvalue weighted by atomic mass is 14.9. The second-order valence-corrected chi connectivity index (χ2v) is 5.41. The van der Waals surface area contributed by atoms with Gasteiger partial charge in [-0.05, 0) is 47.7 Å². The van der Waals surface area contributed by atoms with Crippen LogP contribution in [-0.4, -0.2) is 6.54 Å². The highest BCUT2D eigenvalue weighted by Gasteiger charge is 2.21. The summed E-state index contributed by atoms with van der Waals surface area (Å²) in [7, 11) is 0. The van der Waals surface area contributed by atoms with Crippen LogP contribution in [0.1, 0.15) is 37.8 Å². The maximum Gasteiger partial charge on any atom is 0.0323 e. The van der Waals surface area contributed by atoms with Crippen LogP contribution in [0.5, 0.6) is 0 Å². The lowest BCUT2D eigenvalue weighted by atomic mass is 9.87. The van der Waals surface area contributed by atoms with Gasteiger partial charge in [0.05, 0.1) is 0 Å². The van der Waals surface area contributed by atoms with Crippen LogP contribution in [0, 0.1) is 5.92 Å². The van der Waals surface area contributed by atoms with Crippen LogP contribution >= 0.6 is 0 Å². The SMILES string of the molecule is CCC1CCNC(c2ccc3ccccc3c2)C1. The van der Waals surface area contributed by atoms with Crippen molar-refractivity contribution in [1.82, 2.24) is 5.32 Å². The van der Waals surface area contributed by atoms with Gasteiger partial charge in [0.25, 0.3) is 0 Å². The van der Waals surface area contributed by atoms with E-state index in [1.807, 2.05) is 0 Å². The highest BCUT2D eigenvalue weighted by Crippen LogP contribution is 2.30. The third kappa shape index (κ3) is 2.28. The lowest BCUT2D eigenvalue weighted by molar-refractivity contribution is 0.299. The first-order valence-electron chi connectivity index (χ1n) is 7.09. The molecule has 94 valence electrons. The van der Waals surface area contributed by atoms with Crippen LogP contribution in [0.3, 0.4) is 0 Å². The van der Waals surface area contributed by atoms with Crippen molar-refractivity contribution >= 4 is 10.8 Å². The number of piperidine rings is 1. The van der Waals surface area contributed by atoms with Gasteiger partial charge in [-0.15, -0.1) is 0 Å². The fraction of sp³-hybridized carbons (Fsp3) is 0.412. The first-order valence-corrected chi connectivity index (χ1v) is 7.09. The first kappa shape index (κ1) is 11.7. The minimum atomic E-state index is 0.549. The number of benzene rings is 2. The molecule has 1 heterocycles. The molecule has 1 N–H and O–H groups in total. The number of rotatable bonds is 2. The average molecular weight is 239 g/mol. The molecule has 1 nitrogen and oxygen atoms in total. The molecule has 1 saturated heterocycles. The lowest BCUT2D eigenvalue weighted by Gasteiger charge is -2.30. The zero-order chi connectivity index (χ0) is 12.4. The monoisotopic (exact) mass is 239 g/mol. The molecular weight excluding hydrogens is 218 g/mol. The fourth-order valence-electron chi connectivity index (χ4n) is 3.05. The van der Waals surface area contributed by atoms with E-state index in [0.29, 0.717) is 6.04 Å². The van der Waals surface area contributed by atoms with Gasteiger partial charge in [0.1, 0.15) is 0 Å². The smallest absolute Gasteiger partial charge is 0.0323 e. The minimum Gasteiger partial charge on any atom is -0.310 e. The molecule has 0 saturated carbocycles. The Morgan fingerprint density at radius 2 is 1.94 bits per heavy atom. The van der Waals surface area contributed by atoms with Crippen molar-refractivity contribution < 1.29 is 0 Å². The van der Waals surface area contributed by atoms with Crippen LogP contribution in [-0.2, 0) is 0 Å². The largest absolute Gasteiger partial charge is 0.310 e. The lowest BCUT2D eigenvalue weighted by Crippen LogP contribution is -2.31. The first-order chi connectivity index (χ1) is 8.86. The van der Waals surface area contributed by atoms with Crippen molar-refractivity contribution in [3.8, 4) is 0 Å². The zero-order valence-corrected chi connectivity index (χ0v) is 11.0. The molecular formula is C17H21N. The third-order valence-corrected chi connectivity index (χ3v) is 4.27. The van der Waals surface area contributed by atoms with Gasteiger partial charge in [-0.3, -0.25) is 0 Å². The molecule has 1 heteroatoms. The van der Waals surface area contributed by atoms with Crippen LogP contribution in [0.15, 0.2) is 42.5 Å². The molecule has 2 unspecified atom stereocenters. The van der Waals surface area contributed by atoms with Crippen LogP contribution in [0.4, 0.5) is 0 Å². The van der Waals surface area contributed by atoms with E-state index in [4.69, 9.17) is 0 Å². The molecule has 2 aromatic carbocycles.